The number of anilines is 1. The number of nitrogens with zero attached hydrogens (tertiary/aromatic N) is 3. The van der Waals surface area contributed by atoms with Crippen LogP contribution in [0.4, 0.5) is 14.7 Å². The minimum absolute atomic E-state index is 0.0420. The van der Waals surface area contributed by atoms with Crippen molar-refractivity contribution < 1.29 is 48.1 Å². The number of aromatic nitrogens is 1. The van der Waals surface area contributed by atoms with Crippen molar-refractivity contribution in [3.63, 3.8) is 0 Å². The van der Waals surface area contributed by atoms with Gasteiger partial charge < -0.3 is 39.7 Å². The Labute approximate surface area is 268 Å². The maximum Gasteiger partial charge on any atom is 0.413 e. The number of oxime groups is 1. The molecule has 2 aliphatic rings. The monoisotopic (exact) mass is 660 g/mol. The Balaban J connectivity index is 1.39. The van der Waals surface area contributed by atoms with Crippen molar-refractivity contribution in [3.8, 4) is 0 Å². The Kier molecular flexibility index (Phi) is 10.5. The van der Waals surface area contributed by atoms with Crippen LogP contribution in [0.1, 0.15) is 45.9 Å². The third-order valence-corrected chi connectivity index (χ3v) is 7.29. The van der Waals surface area contributed by atoms with Gasteiger partial charge in [0.2, 0.25) is 11.5 Å². The van der Waals surface area contributed by atoms with E-state index in [1.54, 1.807) is 20.8 Å². The zero-order valence-corrected chi connectivity index (χ0v) is 26.7. The number of amides is 4. The van der Waals surface area contributed by atoms with E-state index >= 15 is 0 Å². The van der Waals surface area contributed by atoms with Gasteiger partial charge in [0.15, 0.2) is 10.8 Å². The van der Waals surface area contributed by atoms with E-state index < -0.39 is 65.1 Å². The summed E-state index contributed by atoms with van der Waals surface area (Å²) in [6.45, 7) is 8.33. The molecule has 0 spiro atoms. The first-order valence-electron chi connectivity index (χ1n) is 14.3. The molecule has 1 aromatic heterocycles. The van der Waals surface area contributed by atoms with E-state index in [0.717, 1.165) is 16.9 Å². The average Bonchev–Trinajstić information content (AvgIpc) is 3.56. The lowest BCUT2D eigenvalue weighted by Crippen LogP contribution is -2.72. The minimum atomic E-state index is -1.81. The summed E-state index contributed by atoms with van der Waals surface area (Å²) >= 11 is 0.952. The van der Waals surface area contributed by atoms with E-state index in [0.29, 0.717) is 6.61 Å². The van der Waals surface area contributed by atoms with Gasteiger partial charge >= 0.3 is 18.2 Å². The second-order valence-electron chi connectivity index (χ2n) is 12.0. The number of β-lactam (4-membered cyclic amide) rings is 1. The van der Waals surface area contributed by atoms with Crippen LogP contribution in [0.5, 0.6) is 0 Å². The molecule has 2 saturated heterocycles. The Morgan fingerprint density at radius 3 is 2.54 bits per heavy atom. The number of hydrogen-bond acceptors (Lipinski definition) is 12. The van der Waals surface area contributed by atoms with E-state index in [1.807, 2.05) is 30.3 Å². The normalized spacial score (nSPS) is 19.9. The molecular formula is C29H36N6O10S. The highest BCUT2D eigenvalue weighted by Gasteiger charge is 2.45. The number of thiazole rings is 1. The molecule has 4 rings (SSSR count). The molecule has 46 heavy (non-hydrogen) atoms. The van der Waals surface area contributed by atoms with Crippen LogP contribution in [0, 0.1) is 0 Å². The predicted octanol–water partition coefficient (Wildman–Crippen LogP) is 2.09. The maximum atomic E-state index is 13.4. The van der Waals surface area contributed by atoms with Crippen molar-refractivity contribution in [3.05, 3.63) is 47.0 Å². The number of carbonyl (C=O) groups is 5. The molecule has 1 aromatic carbocycles. The van der Waals surface area contributed by atoms with Crippen molar-refractivity contribution in [1.82, 2.24) is 20.5 Å². The molecule has 0 radical (unpaired) electrons. The molecule has 4 N–H and O–H groups in total. The summed E-state index contributed by atoms with van der Waals surface area (Å²) in [4.78, 5) is 72.9. The molecule has 3 atom stereocenters. The molecule has 0 unspecified atom stereocenters. The highest BCUT2D eigenvalue weighted by atomic mass is 32.1. The molecule has 2 aliphatic heterocycles. The van der Waals surface area contributed by atoms with Crippen LogP contribution in [0.2, 0.25) is 0 Å². The lowest BCUT2D eigenvalue weighted by Gasteiger charge is -2.38. The fourth-order valence-corrected chi connectivity index (χ4v) is 4.81. The molecule has 16 nitrogen and oxygen atoms in total. The quantitative estimate of drug-likeness (QED) is 0.139. The van der Waals surface area contributed by atoms with Crippen LogP contribution in [0.3, 0.4) is 0 Å². The number of cyclic esters (lactones) is 1. The molecule has 4 amide bonds. The number of carboxylic acids is 1. The van der Waals surface area contributed by atoms with Crippen LogP contribution in [0.15, 0.2) is 40.9 Å². The summed E-state index contributed by atoms with van der Waals surface area (Å²) < 4.78 is 16.3. The number of rotatable bonds is 13. The number of carboxylic acid groups (broad SMARTS) is 1. The van der Waals surface area contributed by atoms with Crippen LogP contribution in [0.25, 0.3) is 0 Å². The van der Waals surface area contributed by atoms with Crippen molar-refractivity contribution in [2.24, 2.45) is 5.16 Å². The number of aliphatic carboxylic acids is 1. The van der Waals surface area contributed by atoms with Gasteiger partial charge in [-0.3, -0.25) is 14.9 Å². The summed E-state index contributed by atoms with van der Waals surface area (Å²) in [5.41, 5.74) is -2.11. The Morgan fingerprint density at radius 1 is 1.17 bits per heavy atom. The lowest BCUT2D eigenvalue weighted by molar-refractivity contribution is -0.161. The first-order chi connectivity index (χ1) is 21.6. The third kappa shape index (κ3) is 9.13. The number of benzene rings is 1. The number of nitrogens with one attached hydrogen (secondary N) is 3. The zero-order chi connectivity index (χ0) is 33.6. The molecule has 2 fully saturated rings. The zero-order valence-electron chi connectivity index (χ0n) is 25.9. The Bertz CT molecular complexity index is 1490. The second-order valence-corrected chi connectivity index (χ2v) is 12.8. The molecule has 0 saturated carbocycles. The average molecular weight is 661 g/mol. The highest BCUT2D eigenvalue weighted by Crippen LogP contribution is 2.21. The van der Waals surface area contributed by atoms with Gasteiger partial charge in [-0.25, -0.2) is 19.4 Å². The van der Waals surface area contributed by atoms with E-state index in [9.17, 15) is 29.1 Å². The van der Waals surface area contributed by atoms with Crippen LogP contribution >= 0.6 is 11.3 Å². The summed E-state index contributed by atoms with van der Waals surface area (Å²) in [7, 11) is 0. The second kappa shape index (κ2) is 14.1. The van der Waals surface area contributed by atoms with Gasteiger partial charge in [-0.1, -0.05) is 35.5 Å². The van der Waals surface area contributed by atoms with Crippen LogP contribution in [-0.4, -0.2) is 99.8 Å². The van der Waals surface area contributed by atoms with E-state index in [2.05, 4.69) is 26.1 Å². The van der Waals surface area contributed by atoms with Gasteiger partial charge in [0.1, 0.15) is 23.4 Å². The molecular weight excluding hydrogens is 624 g/mol. The fraction of sp³-hybridized carbons (Fsp3) is 0.483. The topological polar surface area (TPSA) is 207 Å². The summed E-state index contributed by atoms with van der Waals surface area (Å²) in [6.07, 6.45) is -1.88. The van der Waals surface area contributed by atoms with E-state index in [1.165, 1.54) is 24.1 Å². The molecule has 3 heterocycles. The van der Waals surface area contributed by atoms with Crippen molar-refractivity contribution in [2.75, 3.05) is 25.0 Å². The highest BCUT2D eigenvalue weighted by molar-refractivity contribution is 7.14. The number of carbonyl (C=O) groups excluding carboxylic acids is 4. The van der Waals surface area contributed by atoms with Gasteiger partial charge in [-0.15, -0.1) is 11.3 Å². The predicted molar refractivity (Wildman–Crippen MR) is 163 cm³/mol. The summed E-state index contributed by atoms with van der Waals surface area (Å²) in [5, 5.41) is 22.3. The standard InChI is InChI=1S/C29H36N6O10S/c1-28(2,3)44-26(40)33-25-31-19(15-46-25)21(34-45-29(4,5)24(38)39)23(37)32-20-18(30-22(20)36)12-35-11-17(43-27(35)41)14-42-13-16-9-7-6-8-10-16/h6-10,15,17-18,20H,11-14H2,1-5H3,(H,30,36)(H,32,37)(H,38,39)(H,31,33,40)/t17-,18+,20+/m1/s1. The van der Waals surface area contributed by atoms with Gasteiger partial charge in [-0.05, 0) is 40.2 Å². The minimum Gasteiger partial charge on any atom is -0.478 e. The van der Waals surface area contributed by atoms with E-state index in [4.69, 9.17) is 19.0 Å². The Hall–Kier alpha value is -4.77. The molecule has 2 aromatic rings. The van der Waals surface area contributed by atoms with Crippen LogP contribution < -0.4 is 16.0 Å². The van der Waals surface area contributed by atoms with Gasteiger partial charge in [0, 0.05) is 11.9 Å². The summed E-state index contributed by atoms with van der Waals surface area (Å²) in [5.74, 6) is -2.76. The fourth-order valence-electron chi connectivity index (χ4n) is 4.13. The number of hydrogen-bond donors (Lipinski definition) is 4. The smallest absolute Gasteiger partial charge is 0.413 e. The van der Waals surface area contributed by atoms with Crippen LogP contribution in [-0.2, 0) is 40.0 Å². The van der Waals surface area contributed by atoms with Gasteiger partial charge in [0.25, 0.3) is 5.91 Å². The third-order valence-electron chi connectivity index (χ3n) is 6.53. The molecule has 248 valence electrons. The SMILES string of the molecule is CC(C)(C)OC(=O)Nc1nc(C(=NOC(C)(C)C(=O)O)C(=O)N[C@@H]2C(=O)N[C@H]2CN2C[C@H](COCc3ccccc3)OC2=O)cs1. The lowest BCUT2D eigenvalue weighted by atomic mass is 9.98. The Morgan fingerprint density at radius 2 is 1.89 bits per heavy atom. The van der Waals surface area contributed by atoms with E-state index in [-0.39, 0.29) is 30.5 Å². The largest absolute Gasteiger partial charge is 0.478 e. The number of ether oxygens (including phenoxy) is 3. The molecule has 0 bridgehead atoms. The first-order valence-corrected chi connectivity index (χ1v) is 15.1. The van der Waals surface area contributed by atoms with Crippen molar-refractivity contribution >= 4 is 52.2 Å². The van der Waals surface area contributed by atoms with Gasteiger partial charge in [0.05, 0.1) is 25.8 Å². The summed E-state index contributed by atoms with van der Waals surface area (Å²) in [6, 6.07) is 7.81. The molecule has 17 heteroatoms. The maximum absolute atomic E-state index is 13.4. The van der Waals surface area contributed by atoms with Crippen molar-refractivity contribution in [1.29, 1.82) is 0 Å². The first kappa shape index (κ1) is 34.1. The van der Waals surface area contributed by atoms with Gasteiger partial charge in [-0.2, -0.15) is 0 Å². The molecule has 0 aliphatic carbocycles. The van der Waals surface area contributed by atoms with Crippen molar-refractivity contribution in [2.45, 2.75) is 70.6 Å².